The van der Waals surface area contributed by atoms with Gasteiger partial charge in [0.2, 0.25) is 0 Å². The van der Waals surface area contributed by atoms with Gasteiger partial charge in [-0.3, -0.25) is 0 Å². The molecule has 2 heteroatoms. The Balaban J connectivity index is 2.30. The van der Waals surface area contributed by atoms with Gasteiger partial charge in [0.25, 0.3) is 0 Å². The summed E-state index contributed by atoms with van der Waals surface area (Å²) in [5, 5.41) is 7.08. The van der Waals surface area contributed by atoms with Crippen LogP contribution in [0.15, 0.2) is 0 Å². The van der Waals surface area contributed by atoms with Gasteiger partial charge < -0.3 is 10.6 Å². The molecule has 1 aliphatic heterocycles. The lowest BCUT2D eigenvalue weighted by molar-refractivity contribution is 0.324. The third-order valence-corrected chi connectivity index (χ3v) is 2.47. The first-order valence-corrected chi connectivity index (χ1v) is 4.91. The van der Waals surface area contributed by atoms with E-state index in [0.717, 1.165) is 6.54 Å². The molecule has 72 valence electrons. The molecule has 0 aliphatic carbocycles. The summed E-state index contributed by atoms with van der Waals surface area (Å²) in [6.45, 7) is 11.2. The molecule has 1 atom stereocenters. The molecule has 0 bridgehead atoms. The molecule has 1 fully saturated rings. The normalized spacial score (nSPS) is 31.0. The van der Waals surface area contributed by atoms with Gasteiger partial charge in [-0.05, 0) is 47.1 Å². The lowest BCUT2D eigenvalue weighted by Gasteiger charge is -2.30. The minimum atomic E-state index is 0.243. The van der Waals surface area contributed by atoms with Gasteiger partial charge >= 0.3 is 0 Å². The van der Waals surface area contributed by atoms with E-state index in [0.29, 0.717) is 5.54 Å². The molecule has 0 aromatic carbocycles. The van der Waals surface area contributed by atoms with Gasteiger partial charge in [-0.15, -0.1) is 0 Å². The fraction of sp³-hybridized carbons (Fsp3) is 1.00. The molecule has 0 aromatic heterocycles. The highest BCUT2D eigenvalue weighted by atomic mass is 15.1. The zero-order valence-electron chi connectivity index (χ0n) is 8.83. The second-order valence-corrected chi connectivity index (χ2v) is 5.19. The maximum Gasteiger partial charge on any atom is 0.0278 e. The van der Waals surface area contributed by atoms with E-state index in [4.69, 9.17) is 0 Å². The molecule has 0 aromatic rings. The van der Waals surface area contributed by atoms with Crippen LogP contribution in [0.25, 0.3) is 0 Å². The summed E-state index contributed by atoms with van der Waals surface area (Å²) in [5.41, 5.74) is 0.584. The van der Waals surface area contributed by atoms with E-state index in [-0.39, 0.29) is 5.54 Å². The standard InChI is InChI=1S/C10H22N2/c1-9(2,3)12-8-10(4)6-5-7-11-10/h11-12H,5-8H2,1-4H3. The second-order valence-electron chi connectivity index (χ2n) is 5.19. The van der Waals surface area contributed by atoms with Crippen LogP contribution in [0.1, 0.15) is 40.5 Å². The van der Waals surface area contributed by atoms with Crippen molar-refractivity contribution >= 4 is 0 Å². The van der Waals surface area contributed by atoms with Gasteiger partial charge in [0, 0.05) is 17.6 Å². The van der Waals surface area contributed by atoms with E-state index in [1.165, 1.54) is 19.4 Å². The van der Waals surface area contributed by atoms with Crippen LogP contribution in [0.4, 0.5) is 0 Å². The molecule has 1 unspecified atom stereocenters. The summed E-state index contributed by atoms with van der Waals surface area (Å²) in [4.78, 5) is 0. The largest absolute Gasteiger partial charge is 0.310 e. The van der Waals surface area contributed by atoms with Crippen molar-refractivity contribution in [3.63, 3.8) is 0 Å². The highest BCUT2D eigenvalue weighted by Gasteiger charge is 2.28. The Bertz CT molecular complexity index is 140. The van der Waals surface area contributed by atoms with Crippen LogP contribution in [-0.2, 0) is 0 Å². The van der Waals surface area contributed by atoms with Gasteiger partial charge in [-0.1, -0.05) is 0 Å². The smallest absolute Gasteiger partial charge is 0.0278 e. The number of rotatable bonds is 2. The molecule has 2 N–H and O–H groups in total. The van der Waals surface area contributed by atoms with Crippen molar-refractivity contribution in [1.29, 1.82) is 0 Å². The summed E-state index contributed by atoms with van der Waals surface area (Å²) >= 11 is 0. The average molecular weight is 170 g/mol. The van der Waals surface area contributed by atoms with Gasteiger partial charge in [0.15, 0.2) is 0 Å². The number of hydrogen-bond donors (Lipinski definition) is 2. The summed E-state index contributed by atoms with van der Waals surface area (Å²) in [6, 6.07) is 0. The molecule has 0 spiro atoms. The fourth-order valence-electron chi connectivity index (χ4n) is 1.57. The Morgan fingerprint density at radius 3 is 2.50 bits per heavy atom. The van der Waals surface area contributed by atoms with Gasteiger partial charge in [0.05, 0.1) is 0 Å². The third-order valence-electron chi connectivity index (χ3n) is 2.47. The van der Waals surface area contributed by atoms with E-state index in [2.05, 4.69) is 38.3 Å². The summed E-state index contributed by atoms with van der Waals surface area (Å²) < 4.78 is 0. The van der Waals surface area contributed by atoms with Crippen LogP contribution < -0.4 is 10.6 Å². The minimum absolute atomic E-state index is 0.243. The van der Waals surface area contributed by atoms with Crippen LogP contribution in [-0.4, -0.2) is 24.2 Å². The minimum Gasteiger partial charge on any atom is -0.310 e. The molecule has 1 saturated heterocycles. The second kappa shape index (κ2) is 3.35. The third kappa shape index (κ3) is 3.11. The summed E-state index contributed by atoms with van der Waals surface area (Å²) in [5.74, 6) is 0. The highest BCUT2D eigenvalue weighted by molar-refractivity contribution is 4.92. The van der Waals surface area contributed by atoms with Crippen molar-refractivity contribution in [2.45, 2.75) is 51.6 Å². The summed E-state index contributed by atoms with van der Waals surface area (Å²) in [7, 11) is 0. The molecular formula is C10H22N2. The first-order chi connectivity index (χ1) is 5.41. The van der Waals surface area contributed by atoms with Crippen molar-refractivity contribution in [2.75, 3.05) is 13.1 Å². The molecule has 1 aliphatic rings. The maximum atomic E-state index is 3.54. The number of nitrogens with one attached hydrogen (secondary N) is 2. The maximum absolute atomic E-state index is 3.54. The predicted octanol–water partition coefficient (Wildman–Crippen LogP) is 1.52. The Morgan fingerprint density at radius 2 is 2.08 bits per heavy atom. The van der Waals surface area contributed by atoms with E-state index in [1.807, 2.05) is 0 Å². The lowest BCUT2D eigenvalue weighted by atomic mass is 9.98. The molecule has 1 rings (SSSR count). The monoisotopic (exact) mass is 170 g/mol. The number of hydrogen-bond acceptors (Lipinski definition) is 2. The van der Waals surface area contributed by atoms with Gasteiger partial charge in [-0.2, -0.15) is 0 Å². The molecule has 0 radical (unpaired) electrons. The Morgan fingerprint density at radius 1 is 1.42 bits per heavy atom. The molecule has 0 saturated carbocycles. The first-order valence-electron chi connectivity index (χ1n) is 4.91. The zero-order valence-corrected chi connectivity index (χ0v) is 8.83. The van der Waals surface area contributed by atoms with Crippen LogP contribution >= 0.6 is 0 Å². The van der Waals surface area contributed by atoms with Crippen molar-refractivity contribution in [1.82, 2.24) is 10.6 Å². The average Bonchev–Trinajstić information content (AvgIpc) is 2.32. The van der Waals surface area contributed by atoms with E-state index in [9.17, 15) is 0 Å². The quantitative estimate of drug-likeness (QED) is 0.656. The molecule has 2 nitrogen and oxygen atoms in total. The van der Waals surface area contributed by atoms with Crippen LogP contribution in [0.3, 0.4) is 0 Å². The zero-order chi connectivity index (χ0) is 9.24. The molecular weight excluding hydrogens is 148 g/mol. The molecule has 1 heterocycles. The van der Waals surface area contributed by atoms with Crippen LogP contribution in [0, 0.1) is 0 Å². The summed E-state index contributed by atoms with van der Waals surface area (Å²) in [6.07, 6.45) is 2.62. The highest BCUT2D eigenvalue weighted by Crippen LogP contribution is 2.18. The first kappa shape index (κ1) is 10.0. The van der Waals surface area contributed by atoms with Crippen LogP contribution in [0.5, 0.6) is 0 Å². The Hall–Kier alpha value is -0.0800. The fourth-order valence-corrected chi connectivity index (χ4v) is 1.57. The lowest BCUT2D eigenvalue weighted by Crippen LogP contribution is -2.50. The van der Waals surface area contributed by atoms with Crippen molar-refractivity contribution in [3.8, 4) is 0 Å². The molecule has 0 amide bonds. The van der Waals surface area contributed by atoms with Gasteiger partial charge in [0.1, 0.15) is 0 Å². The van der Waals surface area contributed by atoms with Crippen molar-refractivity contribution < 1.29 is 0 Å². The topological polar surface area (TPSA) is 24.1 Å². The Labute approximate surface area is 76.1 Å². The molecule has 12 heavy (non-hydrogen) atoms. The Kier molecular flexibility index (Phi) is 2.79. The SMILES string of the molecule is CC(C)(C)NCC1(C)CCCN1. The van der Waals surface area contributed by atoms with Crippen LogP contribution in [0.2, 0.25) is 0 Å². The van der Waals surface area contributed by atoms with E-state index >= 15 is 0 Å². The predicted molar refractivity (Wildman–Crippen MR) is 53.4 cm³/mol. The van der Waals surface area contributed by atoms with Gasteiger partial charge in [-0.25, -0.2) is 0 Å². The van der Waals surface area contributed by atoms with E-state index < -0.39 is 0 Å². The van der Waals surface area contributed by atoms with Crippen molar-refractivity contribution in [3.05, 3.63) is 0 Å². The van der Waals surface area contributed by atoms with E-state index in [1.54, 1.807) is 0 Å². The van der Waals surface area contributed by atoms with Crippen molar-refractivity contribution in [2.24, 2.45) is 0 Å².